The second kappa shape index (κ2) is 5.90. The van der Waals surface area contributed by atoms with Crippen molar-refractivity contribution in [3.8, 4) is 0 Å². The minimum atomic E-state index is -0.0863. The van der Waals surface area contributed by atoms with Crippen LogP contribution in [0.1, 0.15) is 32.0 Å². The SMILES string of the molecule is Cc1cc(Nc2cc(Cl)ccc2C)nc(NC(C)(C)C)n1. The molecule has 0 amide bonds. The van der Waals surface area contributed by atoms with Crippen LogP contribution < -0.4 is 10.6 Å². The number of nitrogens with zero attached hydrogens (tertiary/aromatic N) is 2. The van der Waals surface area contributed by atoms with E-state index >= 15 is 0 Å². The fourth-order valence-electron chi connectivity index (χ4n) is 1.89. The van der Waals surface area contributed by atoms with Crippen molar-refractivity contribution < 1.29 is 0 Å². The predicted octanol–water partition coefficient (Wildman–Crippen LogP) is 4.70. The van der Waals surface area contributed by atoms with Gasteiger partial charge in [0.1, 0.15) is 5.82 Å². The molecule has 1 heterocycles. The molecule has 0 atom stereocenters. The van der Waals surface area contributed by atoms with Crippen molar-refractivity contribution in [2.75, 3.05) is 10.6 Å². The second-order valence-electron chi connectivity index (χ2n) is 6.18. The lowest BCUT2D eigenvalue weighted by Crippen LogP contribution is -2.27. The quantitative estimate of drug-likeness (QED) is 0.863. The maximum absolute atomic E-state index is 6.05. The Morgan fingerprint density at radius 1 is 1.05 bits per heavy atom. The molecule has 0 fully saturated rings. The van der Waals surface area contributed by atoms with Crippen molar-refractivity contribution in [3.05, 3.63) is 40.5 Å². The van der Waals surface area contributed by atoms with Crippen LogP contribution in [-0.2, 0) is 0 Å². The zero-order chi connectivity index (χ0) is 15.6. The number of anilines is 3. The molecule has 5 heteroatoms. The number of aromatic nitrogens is 2. The van der Waals surface area contributed by atoms with Gasteiger partial charge < -0.3 is 10.6 Å². The average Bonchev–Trinajstić information content (AvgIpc) is 2.31. The molecule has 2 aromatic rings. The molecule has 2 rings (SSSR count). The lowest BCUT2D eigenvalue weighted by molar-refractivity contribution is 0.625. The van der Waals surface area contributed by atoms with Crippen LogP contribution in [0.3, 0.4) is 0 Å². The van der Waals surface area contributed by atoms with Gasteiger partial charge in [-0.1, -0.05) is 17.7 Å². The summed E-state index contributed by atoms with van der Waals surface area (Å²) in [5.74, 6) is 1.37. The smallest absolute Gasteiger partial charge is 0.225 e. The summed E-state index contributed by atoms with van der Waals surface area (Å²) < 4.78 is 0. The zero-order valence-corrected chi connectivity index (χ0v) is 13.8. The molecule has 0 aliphatic rings. The van der Waals surface area contributed by atoms with Gasteiger partial charge in [-0.2, -0.15) is 4.98 Å². The summed E-state index contributed by atoms with van der Waals surface area (Å²) in [6.07, 6.45) is 0. The van der Waals surface area contributed by atoms with Gasteiger partial charge in [-0.25, -0.2) is 4.98 Å². The van der Waals surface area contributed by atoms with E-state index in [1.165, 1.54) is 0 Å². The lowest BCUT2D eigenvalue weighted by Gasteiger charge is -2.21. The van der Waals surface area contributed by atoms with Gasteiger partial charge >= 0.3 is 0 Å². The fourth-order valence-corrected chi connectivity index (χ4v) is 2.06. The molecule has 0 unspecified atom stereocenters. The summed E-state index contributed by atoms with van der Waals surface area (Å²) in [6, 6.07) is 7.66. The van der Waals surface area contributed by atoms with E-state index in [1.807, 2.05) is 38.1 Å². The predicted molar refractivity (Wildman–Crippen MR) is 89.6 cm³/mol. The Labute approximate surface area is 131 Å². The Morgan fingerprint density at radius 3 is 2.43 bits per heavy atom. The van der Waals surface area contributed by atoms with E-state index in [-0.39, 0.29) is 5.54 Å². The summed E-state index contributed by atoms with van der Waals surface area (Å²) >= 11 is 6.05. The average molecular weight is 305 g/mol. The molecule has 1 aromatic heterocycles. The molecule has 2 N–H and O–H groups in total. The van der Waals surface area contributed by atoms with Crippen LogP contribution in [0.5, 0.6) is 0 Å². The number of aryl methyl sites for hydroxylation is 2. The zero-order valence-electron chi connectivity index (χ0n) is 13.1. The highest BCUT2D eigenvalue weighted by molar-refractivity contribution is 6.30. The number of hydrogen-bond acceptors (Lipinski definition) is 4. The van der Waals surface area contributed by atoms with Gasteiger partial charge in [-0.15, -0.1) is 0 Å². The van der Waals surface area contributed by atoms with Gasteiger partial charge in [0.2, 0.25) is 5.95 Å². The Balaban J connectivity index is 2.30. The van der Waals surface area contributed by atoms with E-state index in [9.17, 15) is 0 Å². The Morgan fingerprint density at radius 2 is 1.76 bits per heavy atom. The van der Waals surface area contributed by atoms with Crippen LogP contribution in [0.25, 0.3) is 0 Å². The molecule has 0 saturated carbocycles. The highest BCUT2D eigenvalue weighted by atomic mass is 35.5. The van der Waals surface area contributed by atoms with E-state index in [0.29, 0.717) is 11.0 Å². The highest BCUT2D eigenvalue weighted by Gasteiger charge is 2.12. The molecule has 0 aliphatic heterocycles. The fraction of sp³-hybridized carbons (Fsp3) is 0.375. The van der Waals surface area contributed by atoms with Crippen molar-refractivity contribution in [1.29, 1.82) is 0 Å². The van der Waals surface area contributed by atoms with E-state index < -0.39 is 0 Å². The van der Waals surface area contributed by atoms with Crippen LogP contribution in [0.15, 0.2) is 24.3 Å². The third kappa shape index (κ3) is 4.60. The van der Waals surface area contributed by atoms with E-state index in [4.69, 9.17) is 11.6 Å². The van der Waals surface area contributed by atoms with Crippen LogP contribution in [0.4, 0.5) is 17.5 Å². The molecule has 0 spiro atoms. The number of nitrogens with one attached hydrogen (secondary N) is 2. The van der Waals surface area contributed by atoms with Gasteiger partial charge in [-0.3, -0.25) is 0 Å². The molecule has 1 aromatic carbocycles. The summed E-state index contributed by atoms with van der Waals surface area (Å²) in [5.41, 5.74) is 2.87. The van der Waals surface area contributed by atoms with Crippen molar-refractivity contribution >= 4 is 29.1 Å². The maximum Gasteiger partial charge on any atom is 0.225 e. The Bertz CT molecular complexity index is 647. The monoisotopic (exact) mass is 304 g/mol. The van der Waals surface area contributed by atoms with Gasteiger partial charge in [-0.05, 0) is 52.3 Å². The van der Waals surface area contributed by atoms with Gasteiger partial charge in [0, 0.05) is 28.0 Å². The third-order valence-electron chi connectivity index (χ3n) is 2.80. The van der Waals surface area contributed by atoms with E-state index in [2.05, 4.69) is 41.4 Å². The highest BCUT2D eigenvalue weighted by Crippen LogP contribution is 2.24. The van der Waals surface area contributed by atoms with Gasteiger partial charge in [0.15, 0.2) is 0 Å². The summed E-state index contributed by atoms with van der Waals surface area (Å²) in [7, 11) is 0. The molecular weight excluding hydrogens is 284 g/mol. The summed E-state index contributed by atoms with van der Waals surface area (Å²) in [5, 5.41) is 7.29. The standard InChI is InChI=1S/C16H21ClN4/c1-10-6-7-12(17)9-13(10)19-14-8-11(2)18-15(20-14)21-16(3,4)5/h6-9H,1-5H3,(H2,18,19,20,21). The molecule has 21 heavy (non-hydrogen) atoms. The lowest BCUT2D eigenvalue weighted by atomic mass is 10.1. The van der Waals surface area contributed by atoms with Gasteiger partial charge in [0.05, 0.1) is 0 Å². The summed E-state index contributed by atoms with van der Waals surface area (Å²) in [6.45, 7) is 10.2. The first-order chi connectivity index (χ1) is 9.73. The second-order valence-corrected chi connectivity index (χ2v) is 6.61. The number of hydrogen-bond donors (Lipinski definition) is 2. The normalized spacial score (nSPS) is 11.3. The van der Waals surface area contributed by atoms with Crippen molar-refractivity contribution in [3.63, 3.8) is 0 Å². The van der Waals surface area contributed by atoms with Crippen LogP contribution in [0.2, 0.25) is 5.02 Å². The molecule has 4 nitrogen and oxygen atoms in total. The van der Waals surface area contributed by atoms with Crippen LogP contribution in [0, 0.1) is 13.8 Å². The maximum atomic E-state index is 6.05. The van der Waals surface area contributed by atoms with E-state index in [1.54, 1.807) is 0 Å². The largest absolute Gasteiger partial charge is 0.350 e. The van der Waals surface area contributed by atoms with Crippen LogP contribution >= 0.6 is 11.6 Å². The number of halogens is 1. The first-order valence-corrected chi connectivity index (χ1v) is 7.28. The summed E-state index contributed by atoms with van der Waals surface area (Å²) in [4.78, 5) is 8.92. The first-order valence-electron chi connectivity index (χ1n) is 6.90. The number of benzene rings is 1. The molecule has 0 saturated heterocycles. The number of rotatable bonds is 3. The Kier molecular flexibility index (Phi) is 4.37. The first kappa shape index (κ1) is 15.6. The van der Waals surface area contributed by atoms with E-state index in [0.717, 1.165) is 22.8 Å². The van der Waals surface area contributed by atoms with Crippen LogP contribution in [-0.4, -0.2) is 15.5 Å². The van der Waals surface area contributed by atoms with Crippen molar-refractivity contribution in [1.82, 2.24) is 9.97 Å². The van der Waals surface area contributed by atoms with Crippen molar-refractivity contribution in [2.24, 2.45) is 0 Å². The minimum absolute atomic E-state index is 0.0863. The van der Waals surface area contributed by atoms with Crippen molar-refractivity contribution in [2.45, 2.75) is 40.2 Å². The molecular formula is C16H21ClN4. The third-order valence-corrected chi connectivity index (χ3v) is 3.04. The minimum Gasteiger partial charge on any atom is -0.350 e. The van der Waals surface area contributed by atoms with Gasteiger partial charge in [0.25, 0.3) is 0 Å². The Hall–Kier alpha value is -1.81. The molecule has 0 bridgehead atoms. The topological polar surface area (TPSA) is 49.8 Å². The molecule has 0 aliphatic carbocycles. The molecule has 112 valence electrons. The molecule has 0 radical (unpaired) electrons.